The smallest absolute Gasteiger partial charge is 0.351 e. The van der Waals surface area contributed by atoms with Crippen molar-refractivity contribution in [3.05, 3.63) is 42.0 Å². The van der Waals surface area contributed by atoms with E-state index in [1.165, 1.54) is 7.11 Å². The van der Waals surface area contributed by atoms with Gasteiger partial charge in [-0.3, -0.25) is 4.79 Å². The third-order valence-electron chi connectivity index (χ3n) is 3.88. The molecule has 2 rings (SSSR count). The van der Waals surface area contributed by atoms with Crippen LogP contribution >= 0.6 is 0 Å². The van der Waals surface area contributed by atoms with E-state index in [9.17, 15) is 9.59 Å². The minimum atomic E-state index is -0.986. The molecule has 1 atom stereocenters. The lowest BCUT2D eigenvalue weighted by molar-refractivity contribution is -0.165. The van der Waals surface area contributed by atoms with Gasteiger partial charge in [0, 0.05) is 0 Å². The molecule has 4 nitrogen and oxygen atoms in total. The van der Waals surface area contributed by atoms with E-state index in [-0.39, 0.29) is 11.9 Å². The molecule has 0 aromatic heterocycles. The summed E-state index contributed by atoms with van der Waals surface area (Å²) in [5.41, 5.74) is 0.935. The monoisotopic (exact) mass is 302 g/mol. The maximum atomic E-state index is 12.2. The summed E-state index contributed by atoms with van der Waals surface area (Å²) in [5, 5.41) is 0. The highest BCUT2D eigenvalue weighted by atomic mass is 16.6. The second-order valence-corrected chi connectivity index (χ2v) is 5.49. The molecule has 4 heteroatoms. The molecule has 0 unspecified atom stereocenters. The van der Waals surface area contributed by atoms with Gasteiger partial charge in [0.15, 0.2) is 0 Å². The Labute approximate surface area is 131 Å². The van der Waals surface area contributed by atoms with E-state index in [1.807, 2.05) is 30.3 Å². The van der Waals surface area contributed by atoms with E-state index in [1.54, 1.807) is 12.2 Å². The quantitative estimate of drug-likeness (QED) is 0.783. The Morgan fingerprint density at radius 1 is 1.14 bits per heavy atom. The van der Waals surface area contributed by atoms with Gasteiger partial charge in [-0.2, -0.15) is 0 Å². The fourth-order valence-corrected chi connectivity index (χ4v) is 2.60. The number of hydrogen-bond donors (Lipinski definition) is 0. The number of methoxy groups -OCH3 is 1. The fraction of sp³-hybridized carbons (Fsp3) is 0.444. The standard InChI is InChI=1S/C18H22O4/c1-21-18(20)16(13-12-14-8-4-2-5-9-14)22-17(19)15-10-6-3-7-11-15/h2,4-5,8-9,12-13,15-16H,3,6-7,10-11H2,1H3/b13-12+/t16-/m1/s1. The molecule has 0 bridgehead atoms. The number of hydrogen-bond acceptors (Lipinski definition) is 4. The average molecular weight is 302 g/mol. The second kappa shape index (κ2) is 8.37. The highest BCUT2D eigenvalue weighted by Gasteiger charge is 2.27. The molecule has 0 heterocycles. The van der Waals surface area contributed by atoms with Crippen LogP contribution in [0.4, 0.5) is 0 Å². The topological polar surface area (TPSA) is 52.6 Å². The number of carbonyl (C=O) groups excluding carboxylic acids is 2. The highest BCUT2D eigenvalue weighted by Crippen LogP contribution is 2.25. The predicted molar refractivity (Wildman–Crippen MR) is 83.9 cm³/mol. The largest absolute Gasteiger partial charge is 0.466 e. The van der Waals surface area contributed by atoms with Gasteiger partial charge in [-0.15, -0.1) is 0 Å². The van der Waals surface area contributed by atoms with E-state index in [0.717, 1.165) is 37.7 Å². The van der Waals surface area contributed by atoms with Crippen LogP contribution in [0, 0.1) is 5.92 Å². The predicted octanol–water partition coefficient (Wildman–Crippen LogP) is 3.36. The molecule has 0 N–H and O–H groups in total. The molecule has 0 radical (unpaired) electrons. The van der Waals surface area contributed by atoms with Crippen LogP contribution in [0.5, 0.6) is 0 Å². The molecule has 1 saturated carbocycles. The third-order valence-corrected chi connectivity index (χ3v) is 3.88. The third kappa shape index (κ3) is 4.72. The number of ether oxygens (including phenoxy) is 2. The minimum absolute atomic E-state index is 0.0916. The highest BCUT2D eigenvalue weighted by molar-refractivity contribution is 5.83. The van der Waals surface area contributed by atoms with Gasteiger partial charge in [0.2, 0.25) is 6.10 Å². The van der Waals surface area contributed by atoms with Crippen molar-refractivity contribution < 1.29 is 19.1 Å². The SMILES string of the molecule is COC(=O)[C@@H](/C=C/c1ccccc1)OC(=O)C1CCCCC1. The summed E-state index contributed by atoms with van der Waals surface area (Å²) < 4.78 is 10.1. The van der Waals surface area contributed by atoms with Gasteiger partial charge in [-0.05, 0) is 24.5 Å². The van der Waals surface area contributed by atoms with Crippen molar-refractivity contribution in [2.24, 2.45) is 5.92 Å². The van der Waals surface area contributed by atoms with E-state index in [0.29, 0.717) is 0 Å². The van der Waals surface area contributed by atoms with Crippen LogP contribution in [0.2, 0.25) is 0 Å². The zero-order valence-electron chi connectivity index (χ0n) is 12.9. The molecular weight excluding hydrogens is 280 g/mol. The summed E-state index contributed by atoms with van der Waals surface area (Å²) in [6.45, 7) is 0. The maximum absolute atomic E-state index is 12.2. The first-order valence-electron chi connectivity index (χ1n) is 7.72. The summed E-state index contributed by atoms with van der Waals surface area (Å²) >= 11 is 0. The van der Waals surface area contributed by atoms with Crippen LogP contribution in [0.3, 0.4) is 0 Å². The van der Waals surface area contributed by atoms with E-state index >= 15 is 0 Å². The molecule has 1 aromatic rings. The Hall–Kier alpha value is -2.10. The Morgan fingerprint density at radius 3 is 2.45 bits per heavy atom. The molecule has 0 aliphatic heterocycles. The van der Waals surface area contributed by atoms with Gasteiger partial charge in [-0.1, -0.05) is 55.7 Å². The van der Waals surface area contributed by atoms with Gasteiger partial charge < -0.3 is 9.47 Å². The number of rotatable bonds is 5. The Morgan fingerprint density at radius 2 is 1.82 bits per heavy atom. The molecule has 1 aliphatic carbocycles. The molecule has 1 fully saturated rings. The first-order valence-corrected chi connectivity index (χ1v) is 7.72. The van der Waals surface area contributed by atoms with Crippen molar-refractivity contribution >= 4 is 18.0 Å². The summed E-state index contributed by atoms with van der Waals surface area (Å²) in [5.74, 6) is -0.949. The first kappa shape index (κ1) is 16.3. The minimum Gasteiger partial charge on any atom is -0.466 e. The van der Waals surface area contributed by atoms with Gasteiger partial charge in [0.05, 0.1) is 13.0 Å². The van der Waals surface area contributed by atoms with Gasteiger partial charge in [0.1, 0.15) is 0 Å². The van der Waals surface area contributed by atoms with Crippen molar-refractivity contribution in [3.63, 3.8) is 0 Å². The summed E-state index contributed by atoms with van der Waals surface area (Å²) in [4.78, 5) is 24.0. The molecule has 0 saturated heterocycles. The van der Waals surface area contributed by atoms with Crippen LogP contribution in [0.15, 0.2) is 36.4 Å². The van der Waals surface area contributed by atoms with Crippen molar-refractivity contribution in [3.8, 4) is 0 Å². The van der Waals surface area contributed by atoms with E-state index in [2.05, 4.69) is 0 Å². The number of esters is 2. The Kier molecular flexibility index (Phi) is 6.19. The van der Waals surface area contributed by atoms with Crippen LogP contribution in [0.25, 0.3) is 6.08 Å². The van der Waals surface area contributed by atoms with Gasteiger partial charge in [0.25, 0.3) is 0 Å². The van der Waals surface area contributed by atoms with Crippen molar-refractivity contribution in [1.82, 2.24) is 0 Å². The van der Waals surface area contributed by atoms with Crippen molar-refractivity contribution in [2.75, 3.05) is 7.11 Å². The summed E-state index contributed by atoms with van der Waals surface area (Å²) in [6.07, 6.45) is 7.28. The summed E-state index contributed by atoms with van der Waals surface area (Å²) in [7, 11) is 1.29. The van der Waals surface area contributed by atoms with E-state index in [4.69, 9.17) is 9.47 Å². The molecule has 1 aliphatic rings. The zero-order valence-corrected chi connectivity index (χ0v) is 12.9. The number of benzene rings is 1. The van der Waals surface area contributed by atoms with Crippen molar-refractivity contribution in [1.29, 1.82) is 0 Å². The lowest BCUT2D eigenvalue weighted by Crippen LogP contribution is -2.30. The van der Waals surface area contributed by atoms with Crippen molar-refractivity contribution in [2.45, 2.75) is 38.2 Å². The molecule has 0 amide bonds. The molecule has 22 heavy (non-hydrogen) atoms. The fourth-order valence-electron chi connectivity index (χ4n) is 2.60. The van der Waals surface area contributed by atoms with Gasteiger partial charge in [-0.25, -0.2) is 4.79 Å². The maximum Gasteiger partial charge on any atom is 0.351 e. The molecule has 1 aromatic carbocycles. The second-order valence-electron chi connectivity index (χ2n) is 5.49. The van der Waals surface area contributed by atoms with Crippen LogP contribution in [-0.2, 0) is 19.1 Å². The van der Waals surface area contributed by atoms with E-state index < -0.39 is 12.1 Å². The molecular formula is C18H22O4. The molecule has 0 spiro atoms. The average Bonchev–Trinajstić information content (AvgIpc) is 2.59. The zero-order chi connectivity index (χ0) is 15.8. The molecule has 118 valence electrons. The van der Waals surface area contributed by atoms with Crippen LogP contribution in [0.1, 0.15) is 37.7 Å². The summed E-state index contributed by atoms with van der Waals surface area (Å²) in [6, 6.07) is 9.54. The lowest BCUT2D eigenvalue weighted by Gasteiger charge is -2.21. The first-order chi connectivity index (χ1) is 10.7. The Balaban J connectivity index is 2.01. The van der Waals surface area contributed by atoms with Gasteiger partial charge >= 0.3 is 11.9 Å². The lowest BCUT2D eigenvalue weighted by atomic mass is 9.89. The number of carbonyl (C=O) groups is 2. The normalized spacial score (nSPS) is 17.1. The van der Waals surface area contributed by atoms with Crippen LogP contribution < -0.4 is 0 Å². The Bertz CT molecular complexity index is 515. The van der Waals surface area contributed by atoms with Crippen LogP contribution in [-0.4, -0.2) is 25.2 Å².